The molecule has 2 saturated heterocycles. The van der Waals surface area contributed by atoms with E-state index in [-0.39, 0.29) is 67.1 Å². The molecule has 0 unspecified atom stereocenters. The van der Waals surface area contributed by atoms with Gasteiger partial charge < -0.3 is 14.5 Å². The maximum absolute atomic E-state index is 12.5. The van der Waals surface area contributed by atoms with Crippen molar-refractivity contribution in [1.29, 1.82) is 0 Å². The van der Waals surface area contributed by atoms with Crippen molar-refractivity contribution < 1.29 is 47.5 Å². The minimum Gasteiger partial charge on any atom is -0.668 e. The van der Waals surface area contributed by atoms with Gasteiger partial charge in [0, 0.05) is 22.4 Å². The number of hydrogen-bond donors (Lipinski definition) is 0. The van der Waals surface area contributed by atoms with Gasteiger partial charge in [-0.25, -0.2) is 19.4 Å². The summed E-state index contributed by atoms with van der Waals surface area (Å²) in [6.07, 6.45) is 0.404. The number of amides is 4. The zero-order valence-electron chi connectivity index (χ0n) is 30.1. The number of rotatable bonds is 9. The molecule has 2 fully saturated rings. The second-order valence-corrected chi connectivity index (χ2v) is 19.2. The Labute approximate surface area is 309 Å². The zero-order chi connectivity index (χ0) is 35.5. The minimum absolute atomic E-state index is 0. The standard InChI is InChI=1S/C16H20ClNO3.C15H18ClNO3.C4H12NSi.Li/c1-10(2)14-9-21-16(20)18(14)15(19)11(3)8-12-4-6-13(17)7-5-12;1-10(2)13-9-20-15(19)17(13)14(18)8-5-11-3-6-12(16)7-4-11;1-5-6(2,3)4;/h4-7,10-11,14H,8-9H2,1-3H3;3-4,6-7,10,13H,5,8-9H2,1-2H3;1-4H3;/q;;-1;+1/t11-,14+;13-;;/m10../s1. The van der Waals surface area contributed by atoms with Crippen molar-refractivity contribution in [3.8, 4) is 0 Å². The van der Waals surface area contributed by atoms with Crippen molar-refractivity contribution in [2.75, 3.05) is 20.3 Å². The summed E-state index contributed by atoms with van der Waals surface area (Å²) in [4.78, 5) is 54.9. The summed E-state index contributed by atoms with van der Waals surface area (Å²) < 4.78 is 10.0. The number of cyclic esters (lactones) is 2. The van der Waals surface area contributed by atoms with E-state index in [4.69, 9.17) is 32.7 Å². The molecule has 0 aromatic heterocycles. The summed E-state index contributed by atoms with van der Waals surface area (Å²) in [5.41, 5.74) is 2.05. The molecule has 48 heavy (non-hydrogen) atoms. The maximum Gasteiger partial charge on any atom is 1.00 e. The van der Waals surface area contributed by atoms with E-state index in [9.17, 15) is 19.2 Å². The van der Waals surface area contributed by atoms with Gasteiger partial charge in [-0.3, -0.25) is 9.59 Å². The Morgan fingerprint density at radius 2 is 1.19 bits per heavy atom. The quantitative estimate of drug-likeness (QED) is 0.312. The third kappa shape index (κ3) is 13.9. The van der Waals surface area contributed by atoms with Crippen molar-refractivity contribution >= 4 is 55.4 Å². The fourth-order valence-corrected chi connectivity index (χ4v) is 4.97. The molecule has 0 radical (unpaired) electrons. The molecule has 9 nitrogen and oxygen atoms in total. The monoisotopic (exact) mass is 713 g/mol. The molecule has 13 heteroatoms. The molecule has 0 saturated carbocycles. The average Bonchev–Trinajstić information content (AvgIpc) is 3.60. The number of ether oxygens (including phenoxy) is 2. The number of halogens is 2. The van der Waals surface area contributed by atoms with Crippen LogP contribution in [0.4, 0.5) is 9.59 Å². The predicted octanol–water partition coefficient (Wildman–Crippen LogP) is 5.63. The van der Waals surface area contributed by atoms with Gasteiger partial charge in [0.15, 0.2) is 0 Å². The number of benzene rings is 2. The fraction of sp³-hybridized carbons (Fsp3) is 0.543. The van der Waals surface area contributed by atoms with Gasteiger partial charge in [-0.1, -0.05) is 110 Å². The van der Waals surface area contributed by atoms with Crippen molar-refractivity contribution in [3.05, 3.63) is 74.7 Å². The number of imide groups is 2. The van der Waals surface area contributed by atoms with Gasteiger partial charge in [0.05, 0.1) is 12.1 Å². The Balaban J connectivity index is 0.000000404. The smallest absolute Gasteiger partial charge is 0.668 e. The van der Waals surface area contributed by atoms with E-state index in [2.05, 4.69) is 24.6 Å². The number of carbonyl (C=O) groups is 4. The topological polar surface area (TPSA) is 107 Å². The molecular weight excluding hydrogens is 664 g/mol. The molecular formula is C35H50Cl2LiN3O6Si. The van der Waals surface area contributed by atoms with Gasteiger partial charge >= 0.3 is 31.0 Å². The zero-order valence-corrected chi connectivity index (χ0v) is 32.6. The summed E-state index contributed by atoms with van der Waals surface area (Å²) in [5, 5.41) is 1.34. The molecule has 3 atom stereocenters. The second-order valence-electron chi connectivity index (χ2n) is 13.5. The minimum atomic E-state index is -1.01. The molecule has 2 aromatic carbocycles. The van der Waals surface area contributed by atoms with Crippen molar-refractivity contribution in [1.82, 2.24) is 9.80 Å². The molecule has 260 valence electrons. The van der Waals surface area contributed by atoms with Crippen LogP contribution in [0, 0.1) is 17.8 Å². The van der Waals surface area contributed by atoms with Crippen LogP contribution < -0.4 is 18.9 Å². The molecule has 4 rings (SSSR count). The Morgan fingerprint density at radius 3 is 1.60 bits per heavy atom. The molecule has 0 spiro atoms. The Bertz CT molecular complexity index is 1340. The number of nitrogens with zero attached hydrogens (tertiary/aromatic N) is 3. The van der Waals surface area contributed by atoms with E-state index < -0.39 is 20.4 Å². The van der Waals surface area contributed by atoms with Crippen molar-refractivity contribution in [2.24, 2.45) is 17.8 Å². The predicted molar refractivity (Wildman–Crippen MR) is 190 cm³/mol. The van der Waals surface area contributed by atoms with Gasteiger partial charge in [0.2, 0.25) is 11.8 Å². The SMILES string of the molecule is CC(C)[C@@H]1COC(=O)N1C(=O)CCc1ccc(Cl)cc1.CC(C)[C@@H]1COC(=O)N1C(=O)[C@H](C)Cc1ccc(Cl)cc1.C[N-][Si](C)(C)C.[Li+]. The molecule has 4 amide bonds. The molecule has 0 bridgehead atoms. The van der Waals surface area contributed by atoms with E-state index in [0.29, 0.717) is 35.9 Å². The van der Waals surface area contributed by atoms with Crippen LogP contribution >= 0.6 is 23.2 Å². The van der Waals surface area contributed by atoms with Gasteiger partial charge in [-0.2, -0.15) is 7.05 Å². The van der Waals surface area contributed by atoms with E-state index in [1.165, 1.54) is 9.80 Å². The van der Waals surface area contributed by atoms with Crippen molar-refractivity contribution in [3.63, 3.8) is 0 Å². The van der Waals surface area contributed by atoms with Crippen LogP contribution in [-0.2, 0) is 31.9 Å². The van der Waals surface area contributed by atoms with E-state index >= 15 is 0 Å². The van der Waals surface area contributed by atoms with E-state index in [0.717, 1.165) is 11.1 Å². The van der Waals surface area contributed by atoms with Crippen LogP contribution in [0.3, 0.4) is 0 Å². The van der Waals surface area contributed by atoms with E-state index in [1.54, 1.807) is 24.3 Å². The van der Waals surface area contributed by atoms with E-state index in [1.807, 2.05) is 65.9 Å². The molecule has 0 N–H and O–H groups in total. The number of carbonyl (C=O) groups excluding carboxylic acids is 4. The van der Waals surface area contributed by atoms with Crippen LogP contribution in [0.1, 0.15) is 52.2 Å². The summed E-state index contributed by atoms with van der Waals surface area (Å²) in [6.45, 7) is 17.0. The third-order valence-electron chi connectivity index (χ3n) is 7.95. The van der Waals surface area contributed by atoms with Gasteiger partial charge in [-0.05, 0) is 60.1 Å². The largest absolute Gasteiger partial charge is 1.00 e. The molecule has 2 aliphatic heterocycles. The fourth-order valence-electron chi connectivity index (χ4n) is 4.72. The normalized spacial score (nSPS) is 17.9. The van der Waals surface area contributed by atoms with Gasteiger partial charge in [-0.15, -0.1) is 0 Å². The second kappa shape index (κ2) is 20.4. The van der Waals surface area contributed by atoms with Crippen LogP contribution in [0.2, 0.25) is 29.7 Å². The Kier molecular flexibility index (Phi) is 18.5. The molecule has 2 aromatic rings. The first-order chi connectivity index (χ1) is 21.9. The summed E-state index contributed by atoms with van der Waals surface area (Å²) in [7, 11) is 0.889. The summed E-state index contributed by atoms with van der Waals surface area (Å²) in [6, 6.07) is 14.4. The van der Waals surface area contributed by atoms with Crippen LogP contribution in [0.5, 0.6) is 0 Å². The summed E-state index contributed by atoms with van der Waals surface area (Å²) >= 11 is 11.7. The van der Waals surface area contributed by atoms with Gasteiger partial charge in [0.25, 0.3) is 0 Å². The number of aryl methyl sites for hydroxylation is 1. The average molecular weight is 715 g/mol. The van der Waals surface area contributed by atoms with Crippen molar-refractivity contribution in [2.45, 2.75) is 85.6 Å². The maximum atomic E-state index is 12.5. The van der Waals surface area contributed by atoms with Crippen LogP contribution in [-0.4, -0.2) is 74.4 Å². The Hall–Kier alpha value is -2.33. The molecule has 2 aliphatic rings. The van der Waals surface area contributed by atoms with Crippen LogP contribution in [0.25, 0.3) is 4.98 Å². The summed E-state index contributed by atoms with van der Waals surface area (Å²) in [5.74, 6) is -0.255. The van der Waals surface area contributed by atoms with Crippen LogP contribution in [0.15, 0.2) is 48.5 Å². The molecule has 2 heterocycles. The Morgan fingerprint density at radius 1 is 0.792 bits per heavy atom. The third-order valence-corrected chi connectivity index (χ3v) is 9.79. The number of hydrogen-bond acceptors (Lipinski definition) is 6. The van der Waals surface area contributed by atoms with Gasteiger partial charge in [0.1, 0.15) is 13.2 Å². The molecule has 0 aliphatic carbocycles. The first kappa shape index (κ1) is 43.7. The first-order valence-electron chi connectivity index (χ1n) is 16.0. The first-order valence-corrected chi connectivity index (χ1v) is 20.2.